The van der Waals surface area contributed by atoms with Gasteiger partial charge >= 0.3 is 0 Å². The van der Waals surface area contributed by atoms with Crippen LogP contribution in [-0.2, 0) is 9.59 Å². The maximum Gasteiger partial charge on any atom is 0.227 e. The highest BCUT2D eigenvalue weighted by molar-refractivity contribution is 5.82. The fraction of sp³-hybridized carbons (Fsp3) is 0.846. The number of nitrogens with zero attached hydrogens (tertiary/aromatic N) is 2. The molecule has 0 radical (unpaired) electrons. The van der Waals surface area contributed by atoms with Crippen molar-refractivity contribution in [1.29, 1.82) is 0 Å². The Hall–Kier alpha value is -1.10. The molecule has 5 heteroatoms. The van der Waals surface area contributed by atoms with E-state index in [-0.39, 0.29) is 11.8 Å². The molecule has 18 heavy (non-hydrogen) atoms. The number of carbonyl (C=O) groups is 2. The maximum absolute atomic E-state index is 12.2. The monoisotopic (exact) mass is 251 g/mol. The number of nitrogens with one attached hydrogen (secondary N) is 1. The molecule has 1 saturated carbocycles. The number of piperazine rings is 1. The van der Waals surface area contributed by atoms with Gasteiger partial charge in [0.1, 0.15) is 0 Å². The predicted molar refractivity (Wildman–Crippen MR) is 66.9 cm³/mol. The summed E-state index contributed by atoms with van der Waals surface area (Å²) in [5.41, 5.74) is 0. The van der Waals surface area contributed by atoms with Crippen molar-refractivity contribution in [3.63, 3.8) is 0 Å². The number of hydrogen-bond acceptors (Lipinski definition) is 3. The lowest BCUT2D eigenvalue weighted by Gasteiger charge is -2.36. The molecule has 1 aliphatic carbocycles. The molecule has 100 valence electrons. The fourth-order valence-electron chi connectivity index (χ4n) is 2.86. The molecular formula is C13H21N3O2. The van der Waals surface area contributed by atoms with Crippen LogP contribution in [0.2, 0.25) is 0 Å². The van der Waals surface area contributed by atoms with Crippen LogP contribution in [0.1, 0.15) is 19.3 Å². The second kappa shape index (κ2) is 4.88. The quantitative estimate of drug-likeness (QED) is 0.731. The normalized spacial score (nSPS) is 28.6. The average molecular weight is 251 g/mol. The Morgan fingerprint density at radius 2 is 1.39 bits per heavy atom. The van der Waals surface area contributed by atoms with E-state index in [2.05, 4.69) is 5.32 Å². The lowest BCUT2D eigenvalue weighted by molar-refractivity contribution is -0.142. The van der Waals surface area contributed by atoms with Crippen LogP contribution < -0.4 is 5.32 Å². The Kier molecular flexibility index (Phi) is 3.24. The van der Waals surface area contributed by atoms with Crippen molar-refractivity contribution < 1.29 is 9.59 Å². The van der Waals surface area contributed by atoms with Crippen LogP contribution in [0, 0.1) is 11.8 Å². The highest BCUT2D eigenvalue weighted by Crippen LogP contribution is 2.31. The molecule has 0 bridgehead atoms. The van der Waals surface area contributed by atoms with Crippen molar-refractivity contribution in [3.05, 3.63) is 0 Å². The summed E-state index contributed by atoms with van der Waals surface area (Å²) < 4.78 is 0. The molecule has 2 amide bonds. The van der Waals surface area contributed by atoms with Gasteiger partial charge in [0.25, 0.3) is 0 Å². The van der Waals surface area contributed by atoms with Crippen molar-refractivity contribution in [1.82, 2.24) is 15.1 Å². The van der Waals surface area contributed by atoms with Crippen LogP contribution in [0.4, 0.5) is 0 Å². The molecule has 3 rings (SSSR count). The van der Waals surface area contributed by atoms with Gasteiger partial charge in [-0.15, -0.1) is 0 Å². The summed E-state index contributed by atoms with van der Waals surface area (Å²) in [5.74, 6) is 1.05. The van der Waals surface area contributed by atoms with Gasteiger partial charge in [-0.3, -0.25) is 9.59 Å². The zero-order chi connectivity index (χ0) is 12.5. The smallest absolute Gasteiger partial charge is 0.227 e. The van der Waals surface area contributed by atoms with E-state index >= 15 is 0 Å². The third-order valence-electron chi connectivity index (χ3n) is 4.24. The summed E-state index contributed by atoms with van der Waals surface area (Å²) in [4.78, 5) is 28.0. The van der Waals surface area contributed by atoms with Gasteiger partial charge in [0.05, 0.1) is 5.92 Å². The molecule has 0 spiro atoms. The molecule has 2 aliphatic heterocycles. The third kappa shape index (κ3) is 2.36. The lowest BCUT2D eigenvalue weighted by Crippen LogP contribution is -2.52. The molecular weight excluding hydrogens is 230 g/mol. The van der Waals surface area contributed by atoms with Gasteiger partial charge in [-0.2, -0.15) is 0 Å². The van der Waals surface area contributed by atoms with E-state index in [1.165, 1.54) is 0 Å². The van der Waals surface area contributed by atoms with Gasteiger partial charge in [0.2, 0.25) is 11.8 Å². The first kappa shape index (κ1) is 12.0. The molecule has 2 saturated heterocycles. The van der Waals surface area contributed by atoms with E-state index in [4.69, 9.17) is 0 Å². The maximum atomic E-state index is 12.2. The number of hydrogen-bond donors (Lipinski definition) is 1. The highest BCUT2D eigenvalue weighted by Gasteiger charge is 2.36. The Morgan fingerprint density at radius 1 is 0.833 bits per heavy atom. The molecule has 2 heterocycles. The van der Waals surface area contributed by atoms with Gasteiger partial charge in [0.15, 0.2) is 0 Å². The summed E-state index contributed by atoms with van der Waals surface area (Å²) in [6.07, 6.45) is 3.08. The van der Waals surface area contributed by atoms with E-state index < -0.39 is 0 Å². The summed E-state index contributed by atoms with van der Waals surface area (Å²) >= 11 is 0. The van der Waals surface area contributed by atoms with Crippen molar-refractivity contribution in [2.75, 3.05) is 39.3 Å². The van der Waals surface area contributed by atoms with Crippen LogP contribution >= 0.6 is 0 Å². The molecule has 1 unspecified atom stereocenters. The summed E-state index contributed by atoms with van der Waals surface area (Å²) in [5, 5.41) is 3.23. The fourth-order valence-corrected chi connectivity index (χ4v) is 2.86. The van der Waals surface area contributed by atoms with Gasteiger partial charge < -0.3 is 15.1 Å². The van der Waals surface area contributed by atoms with E-state index in [0.29, 0.717) is 24.9 Å². The molecule has 1 N–H and O–H groups in total. The van der Waals surface area contributed by atoms with Crippen LogP contribution in [0.5, 0.6) is 0 Å². The van der Waals surface area contributed by atoms with Gasteiger partial charge in [-0.25, -0.2) is 0 Å². The molecule has 0 aromatic rings. The van der Waals surface area contributed by atoms with E-state index in [9.17, 15) is 9.59 Å². The Labute approximate surface area is 107 Å². The molecule has 0 aromatic carbocycles. The van der Waals surface area contributed by atoms with Crippen LogP contribution in [0.15, 0.2) is 0 Å². The molecule has 3 aliphatic rings. The van der Waals surface area contributed by atoms with Gasteiger partial charge in [-0.1, -0.05) is 0 Å². The van der Waals surface area contributed by atoms with E-state index in [1.54, 1.807) is 0 Å². The van der Waals surface area contributed by atoms with Crippen LogP contribution in [0.25, 0.3) is 0 Å². The lowest BCUT2D eigenvalue weighted by atomic mass is 10.1. The molecule has 0 aromatic heterocycles. The van der Waals surface area contributed by atoms with Crippen molar-refractivity contribution >= 4 is 11.8 Å². The predicted octanol–water partition coefficient (Wildman–Crippen LogP) is -0.323. The first-order valence-corrected chi connectivity index (χ1v) is 7.04. The molecule has 3 fully saturated rings. The largest absolute Gasteiger partial charge is 0.339 e. The molecule has 5 nitrogen and oxygen atoms in total. The number of amides is 2. The van der Waals surface area contributed by atoms with Gasteiger partial charge in [-0.05, 0) is 25.8 Å². The first-order chi connectivity index (χ1) is 8.75. The topological polar surface area (TPSA) is 52.7 Å². The summed E-state index contributed by atoms with van der Waals surface area (Å²) in [6, 6.07) is 0. The zero-order valence-corrected chi connectivity index (χ0v) is 10.7. The third-order valence-corrected chi connectivity index (χ3v) is 4.24. The summed E-state index contributed by atoms with van der Waals surface area (Å²) in [7, 11) is 0. The SMILES string of the molecule is O=C(C1CC1)N1CCN(C(=O)C2CCNC2)CC1. The van der Waals surface area contributed by atoms with Crippen molar-refractivity contribution in [2.45, 2.75) is 19.3 Å². The summed E-state index contributed by atoms with van der Waals surface area (Å²) in [6.45, 7) is 4.65. The van der Waals surface area contributed by atoms with Crippen molar-refractivity contribution in [2.24, 2.45) is 11.8 Å². The van der Waals surface area contributed by atoms with Gasteiger partial charge in [0, 0.05) is 38.6 Å². The van der Waals surface area contributed by atoms with E-state index in [0.717, 1.165) is 45.4 Å². The minimum Gasteiger partial charge on any atom is -0.339 e. The zero-order valence-electron chi connectivity index (χ0n) is 10.7. The molecule has 1 atom stereocenters. The van der Waals surface area contributed by atoms with Crippen LogP contribution in [-0.4, -0.2) is 60.9 Å². The Bertz CT molecular complexity index is 340. The first-order valence-electron chi connectivity index (χ1n) is 7.04. The number of carbonyl (C=O) groups excluding carboxylic acids is 2. The minimum absolute atomic E-state index is 0.163. The van der Waals surface area contributed by atoms with Crippen molar-refractivity contribution in [3.8, 4) is 0 Å². The van der Waals surface area contributed by atoms with Crippen LogP contribution in [0.3, 0.4) is 0 Å². The standard InChI is InChI=1S/C13H21N3O2/c17-12(10-1-2-10)15-5-7-16(8-6-15)13(18)11-3-4-14-9-11/h10-11,14H,1-9H2. The second-order valence-corrected chi connectivity index (χ2v) is 5.61. The Morgan fingerprint density at radius 3 is 1.83 bits per heavy atom. The minimum atomic E-state index is 0.163. The second-order valence-electron chi connectivity index (χ2n) is 5.61. The highest BCUT2D eigenvalue weighted by atomic mass is 16.2. The number of rotatable bonds is 2. The average Bonchev–Trinajstić information content (AvgIpc) is 3.12. The Balaban J connectivity index is 1.49. The van der Waals surface area contributed by atoms with E-state index in [1.807, 2.05) is 9.80 Å².